The SMILES string of the molecule is CC(C)[C@@H](OC(=O)CCOc1ccc(C(C)(C)C)cc1)C(=O)NC(N)=O. The molecule has 3 amide bonds. The zero-order valence-corrected chi connectivity index (χ0v) is 16.0. The highest BCUT2D eigenvalue weighted by Crippen LogP contribution is 2.24. The molecule has 1 aromatic carbocycles. The Bertz CT molecular complexity index is 632. The molecule has 0 aliphatic rings. The first-order chi connectivity index (χ1) is 12.0. The van der Waals surface area contributed by atoms with Crippen molar-refractivity contribution < 1.29 is 23.9 Å². The van der Waals surface area contributed by atoms with Gasteiger partial charge in [0.05, 0.1) is 13.0 Å². The number of nitrogens with one attached hydrogen (secondary N) is 1. The van der Waals surface area contributed by atoms with Gasteiger partial charge in [-0.3, -0.25) is 14.9 Å². The van der Waals surface area contributed by atoms with Gasteiger partial charge in [-0.2, -0.15) is 0 Å². The number of benzene rings is 1. The third-order valence-corrected chi connectivity index (χ3v) is 3.66. The number of hydrogen-bond donors (Lipinski definition) is 2. The molecule has 0 heterocycles. The molecule has 0 spiro atoms. The summed E-state index contributed by atoms with van der Waals surface area (Å²) in [7, 11) is 0. The van der Waals surface area contributed by atoms with Crippen LogP contribution in [0.15, 0.2) is 24.3 Å². The van der Waals surface area contributed by atoms with E-state index < -0.39 is 24.0 Å². The van der Waals surface area contributed by atoms with E-state index in [1.807, 2.05) is 29.6 Å². The summed E-state index contributed by atoms with van der Waals surface area (Å²) < 4.78 is 10.7. The maximum Gasteiger partial charge on any atom is 0.318 e. The summed E-state index contributed by atoms with van der Waals surface area (Å²) in [6.45, 7) is 9.89. The molecule has 0 fully saturated rings. The van der Waals surface area contributed by atoms with E-state index >= 15 is 0 Å². The van der Waals surface area contributed by atoms with E-state index in [4.69, 9.17) is 15.2 Å². The second-order valence-corrected chi connectivity index (χ2v) is 7.38. The lowest BCUT2D eigenvalue weighted by Gasteiger charge is -2.20. The lowest BCUT2D eigenvalue weighted by molar-refractivity contribution is -0.158. The average molecular weight is 364 g/mol. The number of rotatable bonds is 7. The molecule has 0 aliphatic carbocycles. The summed E-state index contributed by atoms with van der Waals surface area (Å²) in [5.74, 6) is -0.976. The van der Waals surface area contributed by atoms with E-state index in [0.717, 1.165) is 0 Å². The molecule has 0 aliphatic heterocycles. The Kier molecular flexibility index (Phi) is 7.61. The van der Waals surface area contributed by atoms with E-state index in [-0.39, 0.29) is 24.4 Å². The highest BCUT2D eigenvalue weighted by molar-refractivity contribution is 5.96. The molecule has 7 nitrogen and oxygen atoms in total. The number of imide groups is 1. The minimum Gasteiger partial charge on any atom is -0.493 e. The quantitative estimate of drug-likeness (QED) is 0.723. The average Bonchev–Trinajstić information content (AvgIpc) is 2.51. The molecule has 0 saturated heterocycles. The first-order valence-electron chi connectivity index (χ1n) is 8.54. The van der Waals surface area contributed by atoms with Crippen LogP contribution in [0.3, 0.4) is 0 Å². The van der Waals surface area contributed by atoms with E-state index in [2.05, 4.69) is 20.8 Å². The van der Waals surface area contributed by atoms with E-state index in [1.54, 1.807) is 13.8 Å². The Labute approximate surface area is 154 Å². The Balaban J connectivity index is 2.50. The molecule has 1 aromatic rings. The Hall–Kier alpha value is -2.57. The number of amides is 3. The second kappa shape index (κ2) is 9.22. The van der Waals surface area contributed by atoms with Crippen LogP contribution in [-0.2, 0) is 19.7 Å². The molecule has 0 aromatic heterocycles. The minimum atomic E-state index is -1.08. The number of esters is 1. The zero-order valence-electron chi connectivity index (χ0n) is 16.0. The van der Waals surface area contributed by atoms with Crippen LogP contribution in [-0.4, -0.2) is 30.6 Å². The predicted octanol–water partition coefficient (Wildman–Crippen LogP) is 2.52. The number of urea groups is 1. The second-order valence-electron chi connectivity index (χ2n) is 7.38. The Morgan fingerprint density at radius 3 is 2.15 bits per heavy atom. The molecule has 0 saturated carbocycles. The van der Waals surface area contributed by atoms with E-state index in [9.17, 15) is 14.4 Å². The van der Waals surface area contributed by atoms with Crippen molar-refractivity contribution in [3.05, 3.63) is 29.8 Å². The van der Waals surface area contributed by atoms with Crippen LogP contribution in [0.2, 0.25) is 0 Å². The fraction of sp³-hybridized carbons (Fsp3) is 0.526. The number of carbonyl (C=O) groups excluding carboxylic acids is 3. The van der Waals surface area contributed by atoms with Gasteiger partial charge in [0.1, 0.15) is 5.75 Å². The lowest BCUT2D eigenvalue weighted by atomic mass is 9.87. The maximum atomic E-state index is 11.9. The standard InChI is InChI=1S/C19H28N2O5/c1-12(2)16(17(23)21-18(20)24)26-15(22)10-11-25-14-8-6-13(7-9-14)19(3,4)5/h6-9,12,16H,10-11H2,1-5H3,(H3,20,21,23,24)/t16-/m1/s1. The van der Waals surface area contributed by atoms with Crippen LogP contribution in [0.5, 0.6) is 5.75 Å². The highest BCUT2D eigenvalue weighted by Gasteiger charge is 2.27. The monoisotopic (exact) mass is 364 g/mol. The maximum absolute atomic E-state index is 11.9. The molecule has 0 bridgehead atoms. The molecule has 3 N–H and O–H groups in total. The first-order valence-corrected chi connectivity index (χ1v) is 8.54. The minimum absolute atomic E-state index is 0.0197. The van der Waals surface area contributed by atoms with E-state index in [0.29, 0.717) is 5.75 Å². The van der Waals surface area contributed by atoms with Crippen molar-refractivity contribution in [3.8, 4) is 5.75 Å². The molecule has 7 heteroatoms. The number of primary amides is 1. The van der Waals surface area contributed by atoms with Gasteiger partial charge in [0, 0.05) is 0 Å². The Morgan fingerprint density at radius 2 is 1.69 bits per heavy atom. The number of carbonyl (C=O) groups is 3. The normalized spacial score (nSPS) is 12.4. The van der Waals surface area contributed by atoms with Crippen molar-refractivity contribution in [1.82, 2.24) is 5.32 Å². The van der Waals surface area contributed by atoms with Crippen LogP contribution in [0, 0.1) is 5.92 Å². The molecule has 1 rings (SSSR count). The topological polar surface area (TPSA) is 108 Å². The number of nitrogens with two attached hydrogens (primary N) is 1. The van der Waals surface area contributed by atoms with Gasteiger partial charge in [-0.05, 0) is 29.0 Å². The van der Waals surface area contributed by atoms with Crippen molar-refractivity contribution in [2.24, 2.45) is 11.7 Å². The van der Waals surface area contributed by atoms with Crippen molar-refractivity contribution in [3.63, 3.8) is 0 Å². The van der Waals surface area contributed by atoms with Gasteiger partial charge in [0.15, 0.2) is 6.10 Å². The lowest BCUT2D eigenvalue weighted by Crippen LogP contribution is -2.45. The summed E-state index contributed by atoms with van der Waals surface area (Å²) in [5.41, 5.74) is 6.15. The van der Waals surface area contributed by atoms with Gasteiger partial charge in [-0.1, -0.05) is 46.8 Å². The Morgan fingerprint density at radius 1 is 1.12 bits per heavy atom. The number of ether oxygens (including phenoxy) is 2. The van der Waals surface area contributed by atoms with Gasteiger partial charge in [0.25, 0.3) is 5.91 Å². The van der Waals surface area contributed by atoms with E-state index in [1.165, 1.54) is 5.56 Å². The van der Waals surface area contributed by atoms with Crippen LogP contribution < -0.4 is 15.8 Å². The van der Waals surface area contributed by atoms with Crippen LogP contribution >= 0.6 is 0 Å². The van der Waals surface area contributed by atoms with Gasteiger partial charge in [-0.15, -0.1) is 0 Å². The molecular weight excluding hydrogens is 336 g/mol. The largest absolute Gasteiger partial charge is 0.493 e. The summed E-state index contributed by atoms with van der Waals surface area (Å²) in [6.07, 6.45) is -1.10. The van der Waals surface area contributed by atoms with Gasteiger partial charge in [0.2, 0.25) is 0 Å². The highest BCUT2D eigenvalue weighted by atomic mass is 16.6. The van der Waals surface area contributed by atoms with Crippen molar-refractivity contribution >= 4 is 17.9 Å². The predicted molar refractivity (Wildman–Crippen MR) is 97.7 cm³/mol. The molecule has 144 valence electrons. The van der Waals surface area contributed by atoms with Gasteiger partial charge in [-0.25, -0.2) is 4.79 Å². The molecule has 0 unspecified atom stereocenters. The van der Waals surface area contributed by atoms with Crippen LogP contribution in [0.4, 0.5) is 4.79 Å². The molecular formula is C19H28N2O5. The summed E-state index contributed by atoms with van der Waals surface area (Å²) in [6, 6.07) is 6.68. The van der Waals surface area contributed by atoms with Crippen LogP contribution in [0.25, 0.3) is 0 Å². The fourth-order valence-corrected chi connectivity index (χ4v) is 2.19. The fourth-order valence-electron chi connectivity index (χ4n) is 2.19. The van der Waals surface area contributed by atoms with Crippen molar-refractivity contribution in [2.45, 2.75) is 52.6 Å². The molecule has 0 radical (unpaired) electrons. The van der Waals surface area contributed by atoms with Crippen molar-refractivity contribution in [1.29, 1.82) is 0 Å². The van der Waals surface area contributed by atoms with Gasteiger partial charge >= 0.3 is 12.0 Å². The van der Waals surface area contributed by atoms with Crippen molar-refractivity contribution in [2.75, 3.05) is 6.61 Å². The summed E-state index contributed by atoms with van der Waals surface area (Å²) in [4.78, 5) is 34.5. The first kappa shape index (κ1) is 21.5. The summed E-state index contributed by atoms with van der Waals surface area (Å²) >= 11 is 0. The zero-order chi connectivity index (χ0) is 19.9. The van der Waals surface area contributed by atoms with Crippen LogP contribution in [0.1, 0.15) is 46.6 Å². The molecule has 1 atom stereocenters. The molecule has 26 heavy (non-hydrogen) atoms. The third-order valence-electron chi connectivity index (χ3n) is 3.66. The third kappa shape index (κ3) is 7.13. The number of hydrogen-bond acceptors (Lipinski definition) is 5. The van der Waals surface area contributed by atoms with Gasteiger partial charge < -0.3 is 15.2 Å². The smallest absolute Gasteiger partial charge is 0.318 e. The summed E-state index contributed by atoms with van der Waals surface area (Å²) in [5, 5.41) is 1.92.